The molecular weight excluding hydrogens is 242 g/mol. The summed E-state index contributed by atoms with van der Waals surface area (Å²) in [5.74, 6) is -0.111. The lowest BCUT2D eigenvalue weighted by molar-refractivity contribution is -0.120. The highest BCUT2D eigenvalue weighted by molar-refractivity contribution is 5.78. The quantitative estimate of drug-likeness (QED) is 0.837. The smallest absolute Gasteiger partial charge is 0.226 e. The highest BCUT2D eigenvalue weighted by Crippen LogP contribution is 2.02. The Morgan fingerprint density at radius 2 is 1.95 bits per heavy atom. The summed E-state index contributed by atoms with van der Waals surface area (Å²) in [6, 6.07) is 3.46. The van der Waals surface area contributed by atoms with Crippen molar-refractivity contribution < 1.29 is 4.79 Å². The van der Waals surface area contributed by atoms with Crippen LogP contribution < -0.4 is 11.1 Å². The zero-order chi connectivity index (χ0) is 13.7. The monoisotopic (exact) mass is 257 g/mol. The Kier molecular flexibility index (Phi) is 4.02. The van der Waals surface area contributed by atoms with E-state index in [4.69, 9.17) is 5.73 Å². The number of hydrogen-bond acceptors (Lipinski definition) is 5. The van der Waals surface area contributed by atoms with Crippen molar-refractivity contribution in [3.8, 4) is 0 Å². The molecule has 0 fully saturated rings. The van der Waals surface area contributed by atoms with Gasteiger partial charge in [0, 0.05) is 11.9 Å². The minimum absolute atomic E-state index is 0.111. The average Bonchev–Trinajstić information content (AvgIpc) is 2.41. The second-order valence-corrected chi connectivity index (χ2v) is 4.19. The standard InChI is InChI=1S/C13H15N5O/c1-9-5-16-12(7-15-9)8-18-13(19)4-11-3-2-10(14)6-17-11/h2-3,5-7H,4,8,14H2,1H3,(H,18,19). The molecule has 98 valence electrons. The first-order valence-corrected chi connectivity index (χ1v) is 5.88. The number of nitrogens with two attached hydrogens (primary N) is 1. The van der Waals surface area contributed by atoms with E-state index < -0.39 is 0 Å². The number of anilines is 1. The lowest BCUT2D eigenvalue weighted by Crippen LogP contribution is -2.25. The Bertz CT molecular complexity index is 550. The Morgan fingerprint density at radius 1 is 1.16 bits per heavy atom. The zero-order valence-electron chi connectivity index (χ0n) is 10.6. The fourth-order valence-electron chi connectivity index (χ4n) is 1.47. The van der Waals surface area contributed by atoms with Crippen LogP contribution in [0.1, 0.15) is 17.1 Å². The van der Waals surface area contributed by atoms with Crippen molar-refractivity contribution in [2.75, 3.05) is 5.73 Å². The van der Waals surface area contributed by atoms with E-state index in [1.165, 1.54) is 6.20 Å². The number of nitrogen functional groups attached to an aromatic ring is 1. The Hall–Kier alpha value is -2.50. The minimum atomic E-state index is -0.111. The predicted molar refractivity (Wildman–Crippen MR) is 71.0 cm³/mol. The van der Waals surface area contributed by atoms with Crippen molar-refractivity contribution in [3.05, 3.63) is 47.8 Å². The average molecular weight is 257 g/mol. The highest BCUT2D eigenvalue weighted by atomic mass is 16.1. The molecule has 0 unspecified atom stereocenters. The second kappa shape index (κ2) is 5.90. The van der Waals surface area contributed by atoms with E-state index in [1.54, 1.807) is 24.5 Å². The number of nitrogens with zero attached hydrogens (tertiary/aromatic N) is 3. The Labute approximate surface area is 111 Å². The molecule has 0 saturated heterocycles. The topological polar surface area (TPSA) is 93.8 Å². The Morgan fingerprint density at radius 3 is 2.58 bits per heavy atom. The molecule has 0 aliphatic heterocycles. The molecule has 0 bridgehead atoms. The first-order chi connectivity index (χ1) is 9.13. The summed E-state index contributed by atoms with van der Waals surface area (Å²) < 4.78 is 0. The van der Waals surface area contributed by atoms with Gasteiger partial charge in [-0.1, -0.05) is 0 Å². The van der Waals surface area contributed by atoms with Crippen molar-refractivity contribution in [1.29, 1.82) is 0 Å². The zero-order valence-corrected chi connectivity index (χ0v) is 10.6. The van der Waals surface area contributed by atoms with Gasteiger partial charge < -0.3 is 11.1 Å². The summed E-state index contributed by atoms with van der Waals surface area (Å²) in [7, 11) is 0. The van der Waals surface area contributed by atoms with Crippen LogP contribution in [0.4, 0.5) is 5.69 Å². The molecule has 0 aromatic carbocycles. The van der Waals surface area contributed by atoms with Crippen molar-refractivity contribution in [2.45, 2.75) is 19.9 Å². The first kappa shape index (κ1) is 12.9. The van der Waals surface area contributed by atoms with Gasteiger partial charge in [-0.3, -0.25) is 19.7 Å². The van der Waals surface area contributed by atoms with Gasteiger partial charge in [-0.15, -0.1) is 0 Å². The van der Waals surface area contributed by atoms with E-state index in [2.05, 4.69) is 20.3 Å². The summed E-state index contributed by atoms with van der Waals surface area (Å²) in [5, 5.41) is 2.77. The molecule has 0 atom stereocenters. The van der Waals surface area contributed by atoms with Crippen molar-refractivity contribution in [2.24, 2.45) is 0 Å². The fraction of sp³-hybridized carbons (Fsp3) is 0.231. The van der Waals surface area contributed by atoms with Gasteiger partial charge in [0.15, 0.2) is 0 Å². The van der Waals surface area contributed by atoms with Crippen LogP contribution in [0.2, 0.25) is 0 Å². The molecule has 0 spiro atoms. The van der Waals surface area contributed by atoms with E-state index in [-0.39, 0.29) is 12.3 Å². The maximum Gasteiger partial charge on any atom is 0.226 e. The van der Waals surface area contributed by atoms with E-state index in [9.17, 15) is 4.79 Å². The summed E-state index contributed by atoms with van der Waals surface area (Å²) in [6.45, 7) is 2.23. The molecule has 6 nitrogen and oxygen atoms in total. The fourth-order valence-corrected chi connectivity index (χ4v) is 1.47. The van der Waals surface area contributed by atoms with Crippen molar-refractivity contribution in [1.82, 2.24) is 20.3 Å². The van der Waals surface area contributed by atoms with Crippen LogP contribution in [0.25, 0.3) is 0 Å². The van der Waals surface area contributed by atoms with Crippen LogP contribution in [0.3, 0.4) is 0 Å². The molecule has 0 saturated carbocycles. The van der Waals surface area contributed by atoms with Crippen molar-refractivity contribution >= 4 is 11.6 Å². The van der Waals surface area contributed by atoms with Crippen LogP contribution in [0.5, 0.6) is 0 Å². The van der Waals surface area contributed by atoms with Crippen LogP contribution >= 0.6 is 0 Å². The van der Waals surface area contributed by atoms with Gasteiger partial charge in [0.2, 0.25) is 5.91 Å². The maximum absolute atomic E-state index is 11.7. The third-order valence-electron chi connectivity index (χ3n) is 2.49. The van der Waals surface area contributed by atoms with E-state index in [0.29, 0.717) is 17.9 Å². The number of pyridine rings is 1. The summed E-state index contributed by atoms with van der Waals surface area (Å²) >= 11 is 0. The van der Waals surface area contributed by atoms with Gasteiger partial charge in [0.1, 0.15) is 0 Å². The first-order valence-electron chi connectivity index (χ1n) is 5.88. The lowest BCUT2D eigenvalue weighted by Gasteiger charge is -2.04. The number of carbonyl (C=O) groups excluding carboxylic acids is 1. The molecule has 1 amide bonds. The predicted octanol–water partition coefficient (Wildman–Crippen LogP) is 0.621. The third kappa shape index (κ3) is 4.02. The number of amides is 1. The molecule has 2 aromatic rings. The van der Waals surface area contributed by atoms with Gasteiger partial charge in [0.05, 0.1) is 42.4 Å². The number of aromatic nitrogens is 3. The van der Waals surface area contributed by atoms with Gasteiger partial charge in [-0.05, 0) is 19.1 Å². The van der Waals surface area contributed by atoms with Gasteiger partial charge in [0.25, 0.3) is 0 Å². The maximum atomic E-state index is 11.7. The highest BCUT2D eigenvalue weighted by Gasteiger charge is 2.05. The molecule has 6 heteroatoms. The number of aryl methyl sites for hydroxylation is 1. The number of hydrogen-bond donors (Lipinski definition) is 2. The van der Waals surface area contributed by atoms with Gasteiger partial charge in [-0.2, -0.15) is 0 Å². The molecule has 0 aliphatic rings. The van der Waals surface area contributed by atoms with Gasteiger partial charge >= 0.3 is 0 Å². The molecule has 0 aliphatic carbocycles. The molecule has 2 aromatic heterocycles. The Balaban J connectivity index is 1.84. The third-order valence-corrected chi connectivity index (χ3v) is 2.49. The van der Waals surface area contributed by atoms with Gasteiger partial charge in [-0.25, -0.2) is 0 Å². The number of rotatable bonds is 4. The van der Waals surface area contributed by atoms with Crippen LogP contribution in [-0.4, -0.2) is 20.9 Å². The second-order valence-electron chi connectivity index (χ2n) is 4.19. The summed E-state index contributed by atoms with van der Waals surface area (Å²) in [4.78, 5) is 24.0. The van der Waals surface area contributed by atoms with Crippen molar-refractivity contribution in [3.63, 3.8) is 0 Å². The molecule has 2 heterocycles. The molecular formula is C13H15N5O. The van der Waals surface area contributed by atoms with Crippen LogP contribution in [0, 0.1) is 6.92 Å². The minimum Gasteiger partial charge on any atom is -0.397 e. The lowest BCUT2D eigenvalue weighted by atomic mass is 10.2. The largest absolute Gasteiger partial charge is 0.397 e. The van der Waals surface area contributed by atoms with Crippen LogP contribution in [0.15, 0.2) is 30.7 Å². The number of carbonyl (C=O) groups is 1. The number of nitrogens with one attached hydrogen (secondary N) is 1. The van der Waals surface area contributed by atoms with E-state index in [1.807, 2.05) is 6.92 Å². The van der Waals surface area contributed by atoms with E-state index >= 15 is 0 Å². The summed E-state index contributed by atoms with van der Waals surface area (Å²) in [5.41, 5.74) is 8.37. The summed E-state index contributed by atoms with van der Waals surface area (Å²) in [6.07, 6.45) is 5.08. The molecule has 0 radical (unpaired) electrons. The molecule has 19 heavy (non-hydrogen) atoms. The SMILES string of the molecule is Cc1cnc(CNC(=O)Cc2ccc(N)cn2)cn1. The van der Waals surface area contributed by atoms with E-state index in [0.717, 1.165) is 11.4 Å². The molecule has 2 rings (SSSR count). The van der Waals surface area contributed by atoms with Crippen LogP contribution in [-0.2, 0) is 17.8 Å². The molecule has 3 N–H and O–H groups in total. The normalized spacial score (nSPS) is 10.2.